The van der Waals surface area contributed by atoms with Gasteiger partial charge in [0.05, 0.1) is 27.7 Å². The summed E-state index contributed by atoms with van der Waals surface area (Å²) in [5.74, 6) is 0. The molecule has 0 aromatic rings. The van der Waals surface area contributed by atoms with Crippen molar-refractivity contribution in [3.63, 3.8) is 0 Å². The first-order chi connectivity index (χ1) is 3.06. The quantitative estimate of drug-likeness (QED) is 0.379. The standard InChI is InChI=1S/C6H14N.CH4/c1-5-6-7(2,3)4;/h5H,1,6H2,2-4H3;1H4/q+1;. The Morgan fingerprint density at radius 1 is 1.38 bits per heavy atom. The van der Waals surface area contributed by atoms with E-state index in [1.165, 1.54) is 0 Å². The normalized spacial score (nSPS) is 9.88. The van der Waals surface area contributed by atoms with Crippen LogP contribution in [0.4, 0.5) is 0 Å². The summed E-state index contributed by atoms with van der Waals surface area (Å²) in [6.45, 7) is 4.67. The van der Waals surface area contributed by atoms with E-state index >= 15 is 0 Å². The minimum atomic E-state index is 0. The van der Waals surface area contributed by atoms with Gasteiger partial charge in [-0.2, -0.15) is 0 Å². The van der Waals surface area contributed by atoms with Crippen LogP contribution >= 0.6 is 0 Å². The first-order valence-electron chi connectivity index (χ1n) is 2.47. The summed E-state index contributed by atoms with van der Waals surface area (Å²) >= 11 is 0. The summed E-state index contributed by atoms with van der Waals surface area (Å²) in [4.78, 5) is 0. The van der Waals surface area contributed by atoms with Crippen LogP contribution < -0.4 is 0 Å². The van der Waals surface area contributed by atoms with E-state index in [4.69, 9.17) is 0 Å². The van der Waals surface area contributed by atoms with Gasteiger partial charge in [0.1, 0.15) is 0 Å². The Morgan fingerprint density at radius 2 is 1.75 bits per heavy atom. The largest absolute Gasteiger partial charge is 0.328 e. The molecule has 0 saturated heterocycles. The van der Waals surface area contributed by atoms with Gasteiger partial charge >= 0.3 is 0 Å². The third-order valence-corrected chi connectivity index (χ3v) is 0.677. The molecule has 8 heavy (non-hydrogen) atoms. The fraction of sp³-hybridized carbons (Fsp3) is 0.714. The van der Waals surface area contributed by atoms with Crippen molar-refractivity contribution in [1.29, 1.82) is 0 Å². The summed E-state index contributed by atoms with van der Waals surface area (Å²) in [5, 5.41) is 0. The molecule has 0 fully saturated rings. The molecule has 0 spiro atoms. The zero-order chi connectivity index (χ0) is 5.91. The summed E-state index contributed by atoms with van der Waals surface area (Å²) in [6, 6.07) is 0. The molecule has 0 aliphatic heterocycles. The molecule has 0 aromatic heterocycles. The number of rotatable bonds is 2. The molecule has 0 aliphatic carbocycles. The van der Waals surface area contributed by atoms with Crippen LogP contribution in [0.1, 0.15) is 7.43 Å². The monoisotopic (exact) mass is 116 g/mol. The van der Waals surface area contributed by atoms with E-state index in [-0.39, 0.29) is 7.43 Å². The average molecular weight is 116 g/mol. The second-order valence-corrected chi connectivity index (χ2v) is 2.76. The van der Waals surface area contributed by atoms with Crippen molar-refractivity contribution >= 4 is 0 Å². The van der Waals surface area contributed by atoms with Crippen molar-refractivity contribution in [3.05, 3.63) is 12.7 Å². The fourth-order valence-corrected chi connectivity index (χ4v) is 0.387. The number of hydrogen-bond acceptors (Lipinski definition) is 0. The molecule has 0 saturated carbocycles. The topological polar surface area (TPSA) is 0 Å². The summed E-state index contributed by atoms with van der Waals surface area (Å²) in [6.07, 6.45) is 1.93. The first kappa shape index (κ1) is 10.6. The number of likely N-dealkylation sites (N-methyl/N-ethyl adjacent to an activating group) is 1. The second-order valence-electron chi connectivity index (χ2n) is 2.76. The molecule has 0 aromatic carbocycles. The molecule has 50 valence electrons. The summed E-state index contributed by atoms with van der Waals surface area (Å²) in [5.41, 5.74) is 0. The molecule has 0 heterocycles. The number of quaternary nitrogens is 1. The number of nitrogens with zero attached hydrogens (tertiary/aromatic N) is 1. The molecule has 0 N–H and O–H groups in total. The van der Waals surface area contributed by atoms with Crippen LogP contribution in [0.2, 0.25) is 0 Å². The lowest BCUT2D eigenvalue weighted by Gasteiger charge is -2.21. The van der Waals surface area contributed by atoms with E-state index in [0.717, 1.165) is 11.0 Å². The van der Waals surface area contributed by atoms with Crippen molar-refractivity contribution in [2.75, 3.05) is 27.7 Å². The Balaban J connectivity index is 0. The lowest BCUT2D eigenvalue weighted by atomic mass is 10.5. The van der Waals surface area contributed by atoms with Crippen LogP contribution in [-0.2, 0) is 0 Å². The van der Waals surface area contributed by atoms with E-state index in [9.17, 15) is 0 Å². The molecule has 0 amide bonds. The molecule has 0 unspecified atom stereocenters. The lowest BCUT2D eigenvalue weighted by Crippen LogP contribution is -2.33. The van der Waals surface area contributed by atoms with E-state index in [2.05, 4.69) is 27.7 Å². The second kappa shape index (κ2) is 3.67. The molecule has 1 nitrogen and oxygen atoms in total. The van der Waals surface area contributed by atoms with Gasteiger partial charge in [-0.3, -0.25) is 0 Å². The van der Waals surface area contributed by atoms with Crippen LogP contribution in [0.15, 0.2) is 12.7 Å². The maximum Gasteiger partial charge on any atom is 0.0964 e. The van der Waals surface area contributed by atoms with Gasteiger partial charge in [-0.15, -0.1) is 0 Å². The molecule has 0 rings (SSSR count). The van der Waals surface area contributed by atoms with Gasteiger partial charge in [-0.25, -0.2) is 0 Å². The fourth-order valence-electron chi connectivity index (χ4n) is 0.387. The number of hydrogen-bond donors (Lipinski definition) is 0. The molecule has 0 radical (unpaired) electrons. The SMILES string of the molecule is C.C=CC[N+](C)(C)C. The highest BCUT2D eigenvalue weighted by Gasteiger charge is 1.99. The third kappa shape index (κ3) is 9.20. The van der Waals surface area contributed by atoms with Crippen molar-refractivity contribution < 1.29 is 4.48 Å². The summed E-state index contributed by atoms with van der Waals surface area (Å²) < 4.78 is 0.976. The lowest BCUT2D eigenvalue weighted by molar-refractivity contribution is -0.864. The minimum Gasteiger partial charge on any atom is -0.328 e. The van der Waals surface area contributed by atoms with Crippen molar-refractivity contribution in [1.82, 2.24) is 0 Å². The highest BCUT2D eigenvalue weighted by Crippen LogP contribution is 1.86. The molecule has 0 aliphatic rings. The molecular weight excluding hydrogens is 98.1 g/mol. The van der Waals surface area contributed by atoms with Gasteiger partial charge in [0.15, 0.2) is 0 Å². The van der Waals surface area contributed by atoms with Crippen molar-refractivity contribution in [2.24, 2.45) is 0 Å². The zero-order valence-electron chi connectivity index (χ0n) is 5.44. The van der Waals surface area contributed by atoms with Gasteiger partial charge in [0.2, 0.25) is 0 Å². The molecular formula is C7H18N+. The Hall–Kier alpha value is -0.300. The highest BCUT2D eigenvalue weighted by atomic mass is 15.3. The Bertz CT molecular complexity index is 59.3. The summed E-state index contributed by atoms with van der Waals surface area (Å²) in [7, 11) is 6.42. The van der Waals surface area contributed by atoms with Crippen molar-refractivity contribution in [2.45, 2.75) is 7.43 Å². The van der Waals surface area contributed by atoms with Crippen LogP contribution in [0, 0.1) is 0 Å². The van der Waals surface area contributed by atoms with E-state index < -0.39 is 0 Å². The van der Waals surface area contributed by atoms with Gasteiger partial charge in [0, 0.05) is 0 Å². The third-order valence-electron chi connectivity index (χ3n) is 0.677. The predicted molar refractivity (Wildman–Crippen MR) is 39.8 cm³/mol. The Kier molecular flexibility index (Phi) is 4.88. The molecule has 0 bridgehead atoms. The first-order valence-corrected chi connectivity index (χ1v) is 2.47. The maximum atomic E-state index is 3.63. The van der Waals surface area contributed by atoms with E-state index in [1.807, 2.05) is 6.08 Å². The van der Waals surface area contributed by atoms with Gasteiger partial charge in [-0.05, 0) is 6.08 Å². The van der Waals surface area contributed by atoms with Crippen LogP contribution in [0.5, 0.6) is 0 Å². The maximum absolute atomic E-state index is 3.63. The zero-order valence-corrected chi connectivity index (χ0v) is 5.44. The van der Waals surface area contributed by atoms with E-state index in [1.54, 1.807) is 0 Å². The Labute approximate surface area is 53.2 Å². The molecule has 0 atom stereocenters. The predicted octanol–water partition coefficient (Wildman–Crippen LogP) is 1.51. The average Bonchev–Trinajstić information content (AvgIpc) is 1.30. The van der Waals surface area contributed by atoms with Crippen LogP contribution in [-0.4, -0.2) is 32.2 Å². The van der Waals surface area contributed by atoms with Gasteiger partial charge in [0.25, 0.3) is 0 Å². The van der Waals surface area contributed by atoms with E-state index in [0.29, 0.717) is 0 Å². The van der Waals surface area contributed by atoms with Crippen LogP contribution in [0.25, 0.3) is 0 Å². The smallest absolute Gasteiger partial charge is 0.0964 e. The van der Waals surface area contributed by atoms with Crippen molar-refractivity contribution in [3.8, 4) is 0 Å². The molecule has 1 heteroatoms. The Morgan fingerprint density at radius 3 is 1.75 bits per heavy atom. The van der Waals surface area contributed by atoms with Gasteiger partial charge < -0.3 is 4.48 Å². The highest BCUT2D eigenvalue weighted by molar-refractivity contribution is 4.63. The van der Waals surface area contributed by atoms with Gasteiger partial charge in [-0.1, -0.05) is 14.0 Å². The van der Waals surface area contributed by atoms with Crippen LogP contribution in [0.3, 0.4) is 0 Å². The minimum absolute atomic E-state index is 0.